The highest BCUT2D eigenvalue weighted by Gasteiger charge is 1.94. The summed E-state index contributed by atoms with van der Waals surface area (Å²) in [6.45, 7) is 32.4. The summed E-state index contributed by atoms with van der Waals surface area (Å²) in [4.78, 5) is 0. The highest BCUT2D eigenvalue weighted by molar-refractivity contribution is 5.59. The van der Waals surface area contributed by atoms with Gasteiger partial charge < -0.3 is 0 Å². The summed E-state index contributed by atoms with van der Waals surface area (Å²) >= 11 is 0. The van der Waals surface area contributed by atoms with Gasteiger partial charge in [-0.15, -0.1) is 6.58 Å². The lowest BCUT2D eigenvalue weighted by atomic mass is 10.0. The molecule has 0 aliphatic heterocycles. The Morgan fingerprint density at radius 2 is 1.19 bits per heavy atom. The monoisotopic (exact) mass is 360 g/mol. The van der Waals surface area contributed by atoms with Gasteiger partial charge in [-0.05, 0) is 56.2 Å². The van der Waals surface area contributed by atoms with E-state index >= 15 is 0 Å². The Bertz CT molecular complexity index is 447. The van der Waals surface area contributed by atoms with Gasteiger partial charge in [-0.25, -0.2) is 0 Å². The van der Waals surface area contributed by atoms with Crippen LogP contribution in [-0.2, 0) is 0 Å². The number of rotatable bonds is 2. The molecule has 0 heteroatoms. The van der Waals surface area contributed by atoms with Gasteiger partial charge in [0.1, 0.15) is 0 Å². The second-order valence-corrected chi connectivity index (χ2v) is 7.34. The number of allylic oxidation sites excluding steroid dienone is 3. The molecule has 0 bridgehead atoms. The maximum absolute atomic E-state index is 3.91. The molecule has 0 saturated carbocycles. The van der Waals surface area contributed by atoms with Gasteiger partial charge in [0.25, 0.3) is 0 Å². The van der Waals surface area contributed by atoms with Crippen molar-refractivity contribution in [2.45, 2.75) is 83.1 Å². The third kappa shape index (κ3) is 33.9. The van der Waals surface area contributed by atoms with Crippen molar-refractivity contribution < 1.29 is 0 Å². The Morgan fingerprint density at radius 3 is 1.46 bits per heavy atom. The van der Waals surface area contributed by atoms with E-state index in [1.54, 1.807) is 6.08 Å². The lowest BCUT2D eigenvalue weighted by Crippen LogP contribution is -1.82. The molecule has 0 aliphatic rings. The summed E-state index contributed by atoms with van der Waals surface area (Å²) < 4.78 is 0. The molecule has 0 aromatic heterocycles. The molecule has 26 heavy (non-hydrogen) atoms. The molecular formula is C26H48. The van der Waals surface area contributed by atoms with E-state index in [-0.39, 0.29) is 0 Å². The van der Waals surface area contributed by atoms with E-state index in [2.05, 4.69) is 98.9 Å². The van der Waals surface area contributed by atoms with Gasteiger partial charge in [0.2, 0.25) is 0 Å². The maximum Gasteiger partial charge on any atom is -0.0225 e. The van der Waals surface area contributed by atoms with E-state index in [1.165, 1.54) is 16.7 Å². The highest BCUT2D eigenvalue weighted by atomic mass is 14.0. The molecule has 0 heterocycles. The van der Waals surface area contributed by atoms with Crippen LogP contribution < -0.4 is 0 Å². The lowest BCUT2D eigenvalue weighted by Gasteiger charge is -2.02. The third-order valence-corrected chi connectivity index (χ3v) is 2.23. The topological polar surface area (TPSA) is 0 Å². The molecule has 0 N–H and O–H groups in total. The number of hydrogen-bond acceptors (Lipinski definition) is 0. The summed E-state index contributed by atoms with van der Waals surface area (Å²) in [6, 6.07) is 8.37. The molecule has 1 aromatic carbocycles. The van der Waals surface area contributed by atoms with Crippen LogP contribution >= 0.6 is 0 Å². The third-order valence-electron chi connectivity index (χ3n) is 2.23. The number of benzene rings is 1. The van der Waals surface area contributed by atoms with E-state index in [0.717, 1.165) is 17.4 Å². The van der Waals surface area contributed by atoms with E-state index in [1.807, 2.05) is 27.7 Å². The summed E-state index contributed by atoms with van der Waals surface area (Å²) in [5.74, 6) is 1.67. The molecule has 0 unspecified atom stereocenters. The van der Waals surface area contributed by atoms with Crippen molar-refractivity contribution in [3.05, 3.63) is 65.8 Å². The molecule has 0 nitrogen and oxygen atoms in total. The molecule has 0 amide bonds. The van der Waals surface area contributed by atoms with Gasteiger partial charge in [-0.1, -0.05) is 104 Å². The van der Waals surface area contributed by atoms with Crippen LogP contribution in [0.2, 0.25) is 0 Å². The predicted octanol–water partition coefficient (Wildman–Crippen LogP) is 9.52. The van der Waals surface area contributed by atoms with E-state index in [0.29, 0.717) is 0 Å². The standard InChI is InChI=1S/C13H16.2C4H10.C3H6.C2H6/c1-10(2)12(4)9-13-8-6-5-7-11(13)3;2*1-4(2)3;1-3-2;1-2/h5-9H,1H2,2-4H3;2*4H,1-3H3;3H,1H2,2H3;1-2H3/b12-9+;;;;. The molecular weight excluding hydrogens is 312 g/mol. The minimum absolute atomic E-state index is 0.833. The van der Waals surface area contributed by atoms with Gasteiger partial charge in [0, 0.05) is 0 Å². The smallest absolute Gasteiger partial charge is 0.0225 e. The predicted molar refractivity (Wildman–Crippen MR) is 128 cm³/mol. The zero-order valence-electron chi connectivity index (χ0n) is 20.0. The lowest BCUT2D eigenvalue weighted by molar-refractivity contribution is 0.736. The van der Waals surface area contributed by atoms with Crippen LogP contribution in [0.3, 0.4) is 0 Å². The van der Waals surface area contributed by atoms with Gasteiger partial charge in [-0.2, -0.15) is 0 Å². The molecule has 1 aromatic rings. The van der Waals surface area contributed by atoms with Crippen LogP contribution in [-0.4, -0.2) is 0 Å². The van der Waals surface area contributed by atoms with Crippen LogP contribution in [0.1, 0.15) is 87.3 Å². The average Bonchev–Trinajstić information content (AvgIpc) is 2.51. The van der Waals surface area contributed by atoms with Crippen molar-refractivity contribution >= 4 is 6.08 Å². The minimum atomic E-state index is 0.833. The Balaban J connectivity index is -0.000000154. The SMILES string of the molecule is C=C(C)/C(C)=C/c1ccccc1C.C=CC.CC.CC(C)C.CC(C)C. The summed E-state index contributed by atoms with van der Waals surface area (Å²) in [5, 5.41) is 0. The molecule has 0 radical (unpaired) electrons. The summed E-state index contributed by atoms with van der Waals surface area (Å²) in [5.41, 5.74) is 4.96. The Hall–Kier alpha value is -1.56. The van der Waals surface area contributed by atoms with Crippen molar-refractivity contribution in [2.24, 2.45) is 11.8 Å². The Kier molecular flexibility index (Phi) is 29.0. The fraction of sp³-hybridized carbons (Fsp3) is 0.538. The van der Waals surface area contributed by atoms with Crippen molar-refractivity contribution in [2.75, 3.05) is 0 Å². The molecule has 0 spiro atoms. The van der Waals surface area contributed by atoms with Crippen molar-refractivity contribution in [3.63, 3.8) is 0 Å². The van der Waals surface area contributed by atoms with E-state index < -0.39 is 0 Å². The minimum Gasteiger partial charge on any atom is -0.103 e. The van der Waals surface area contributed by atoms with Crippen molar-refractivity contribution in [1.29, 1.82) is 0 Å². The molecule has 152 valence electrons. The average molecular weight is 361 g/mol. The fourth-order valence-corrected chi connectivity index (χ4v) is 1.11. The quantitative estimate of drug-likeness (QED) is 0.364. The molecule has 1 rings (SSSR count). The maximum atomic E-state index is 3.91. The first kappa shape index (κ1) is 32.1. The summed E-state index contributed by atoms with van der Waals surface area (Å²) in [7, 11) is 0. The normalized spacial score (nSPS) is 9.23. The fourth-order valence-electron chi connectivity index (χ4n) is 1.11. The van der Waals surface area contributed by atoms with Gasteiger partial charge in [0.15, 0.2) is 0 Å². The molecule has 0 aliphatic carbocycles. The van der Waals surface area contributed by atoms with Crippen LogP contribution in [0.25, 0.3) is 6.08 Å². The first-order valence-corrected chi connectivity index (χ1v) is 9.96. The van der Waals surface area contributed by atoms with Crippen LogP contribution in [0.15, 0.2) is 54.6 Å². The first-order chi connectivity index (χ1) is 12.0. The van der Waals surface area contributed by atoms with Crippen molar-refractivity contribution in [3.8, 4) is 0 Å². The van der Waals surface area contributed by atoms with Crippen LogP contribution in [0, 0.1) is 18.8 Å². The summed E-state index contributed by atoms with van der Waals surface area (Å²) in [6.07, 6.45) is 3.93. The van der Waals surface area contributed by atoms with Crippen LogP contribution in [0.4, 0.5) is 0 Å². The van der Waals surface area contributed by atoms with Crippen molar-refractivity contribution in [1.82, 2.24) is 0 Å². The Morgan fingerprint density at radius 1 is 0.885 bits per heavy atom. The van der Waals surface area contributed by atoms with Gasteiger partial charge >= 0.3 is 0 Å². The van der Waals surface area contributed by atoms with Gasteiger partial charge in [-0.3, -0.25) is 0 Å². The highest BCUT2D eigenvalue weighted by Crippen LogP contribution is 2.15. The first-order valence-electron chi connectivity index (χ1n) is 9.96. The largest absolute Gasteiger partial charge is 0.103 e. The molecule has 0 saturated heterocycles. The zero-order valence-corrected chi connectivity index (χ0v) is 20.0. The molecule has 0 fully saturated rings. The molecule has 0 atom stereocenters. The van der Waals surface area contributed by atoms with E-state index in [4.69, 9.17) is 0 Å². The zero-order chi connectivity index (χ0) is 21.7. The number of hydrogen-bond donors (Lipinski definition) is 0. The van der Waals surface area contributed by atoms with Crippen LogP contribution in [0.5, 0.6) is 0 Å². The van der Waals surface area contributed by atoms with E-state index in [9.17, 15) is 0 Å². The second kappa shape index (κ2) is 23.4. The Labute approximate surface area is 167 Å². The second-order valence-electron chi connectivity index (χ2n) is 7.34. The number of aryl methyl sites for hydroxylation is 1. The van der Waals surface area contributed by atoms with Gasteiger partial charge in [0.05, 0.1) is 0 Å².